The largest absolute Gasteiger partial charge is 0.508 e. The number of fused-ring (bicyclic) bond motifs is 1. The Morgan fingerprint density at radius 1 is 1.33 bits per heavy atom. The van der Waals surface area contributed by atoms with Gasteiger partial charge in [-0.2, -0.15) is 0 Å². The van der Waals surface area contributed by atoms with Gasteiger partial charge in [-0.15, -0.1) is 6.58 Å². The Kier molecular flexibility index (Phi) is 4.16. The van der Waals surface area contributed by atoms with Crippen LogP contribution in [0.1, 0.15) is 34.0 Å². The number of hydrogen-bond donors (Lipinski definition) is 2. The predicted octanol–water partition coefficient (Wildman–Crippen LogP) is 3.54. The van der Waals surface area contributed by atoms with E-state index < -0.39 is 6.10 Å². The van der Waals surface area contributed by atoms with E-state index in [1.54, 1.807) is 30.3 Å². The fraction of sp³-hybridized carbons (Fsp3) is 0.211. The number of phenols is 2. The van der Waals surface area contributed by atoms with Crippen molar-refractivity contribution < 1.29 is 24.5 Å². The summed E-state index contributed by atoms with van der Waals surface area (Å²) < 4.78 is 11.3. The van der Waals surface area contributed by atoms with Gasteiger partial charge in [0.05, 0.1) is 13.5 Å². The molecule has 124 valence electrons. The Morgan fingerprint density at radius 3 is 2.67 bits per heavy atom. The van der Waals surface area contributed by atoms with E-state index in [9.17, 15) is 15.0 Å². The molecule has 24 heavy (non-hydrogen) atoms. The van der Waals surface area contributed by atoms with Gasteiger partial charge in [0, 0.05) is 11.6 Å². The molecule has 0 bridgehead atoms. The van der Waals surface area contributed by atoms with Crippen molar-refractivity contribution in [3.63, 3.8) is 0 Å². The highest BCUT2D eigenvalue weighted by Gasteiger charge is 2.33. The minimum Gasteiger partial charge on any atom is -0.508 e. The van der Waals surface area contributed by atoms with Crippen LogP contribution in [0, 0.1) is 0 Å². The molecule has 1 heterocycles. The summed E-state index contributed by atoms with van der Waals surface area (Å²) in [6, 6.07) is 7.95. The summed E-state index contributed by atoms with van der Waals surface area (Å²) in [6.07, 6.45) is 1.68. The number of phenolic OH excluding ortho intramolecular Hbond substituents is 2. The summed E-state index contributed by atoms with van der Waals surface area (Å²) in [4.78, 5) is 12.7. The van der Waals surface area contributed by atoms with Crippen LogP contribution in [-0.4, -0.2) is 23.1 Å². The maximum absolute atomic E-state index is 12.7. The molecule has 5 nitrogen and oxygen atoms in total. The molecule has 1 aliphatic heterocycles. The van der Waals surface area contributed by atoms with E-state index in [1.165, 1.54) is 13.2 Å². The van der Waals surface area contributed by atoms with Crippen LogP contribution >= 0.6 is 0 Å². The molecule has 1 unspecified atom stereocenters. The monoisotopic (exact) mass is 326 g/mol. The van der Waals surface area contributed by atoms with Gasteiger partial charge in [-0.05, 0) is 24.1 Å². The number of Topliss-reactive ketones (excluding diaryl/α,β-unsaturated/α-hetero) is 1. The van der Waals surface area contributed by atoms with E-state index in [0.29, 0.717) is 29.0 Å². The van der Waals surface area contributed by atoms with Gasteiger partial charge in [0.15, 0.2) is 5.78 Å². The first-order chi connectivity index (χ1) is 11.5. The van der Waals surface area contributed by atoms with E-state index in [0.717, 1.165) is 5.56 Å². The summed E-state index contributed by atoms with van der Waals surface area (Å²) in [5, 5.41) is 19.7. The topological polar surface area (TPSA) is 76.0 Å². The third-order valence-corrected chi connectivity index (χ3v) is 4.07. The van der Waals surface area contributed by atoms with E-state index >= 15 is 0 Å². The lowest BCUT2D eigenvalue weighted by molar-refractivity contribution is 0.0842. The van der Waals surface area contributed by atoms with Crippen molar-refractivity contribution in [2.24, 2.45) is 0 Å². The Hall–Kier alpha value is -2.95. The summed E-state index contributed by atoms with van der Waals surface area (Å²) >= 11 is 0. The third-order valence-electron chi connectivity index (χ3n) is 4.07. The van der Waals surface area contributed by atoms with Gasteiger partial charge in [0.1, 0.15) is 34.7 Å². The van der Waals surface area contributed by atoms with Crippen LogP contribution in [0.4, 0.5) is 0 Å². The Labute approximate surface area is 139 Å². The van der Waals surface area contributed by atoms with Crippen molar-refractivity contribution in [1.82, 2.24) is 0 Å². The zero-order valence-electron chi connectivity index (χ0n) is 13.3. The number of carbonyl (C=O) groups is 1. The van der Waals surface area contributed by atoms with Crippen LogP contribution < -0.4 is 9.47 Å². The van der Waals surface area contributed by atoms with Gasteiger partial charge in [-0.1, -0.05) is 18.2 Å². The summed E-state index contributed by atoms with van der Waals surface area (Å²) in [7, 11) is 1.45. The lowest BCUT2D eigenvalue weighted by atomic mass is 9.92. The maximum atomic E-state index is 12.7. The van der Waals surface area contributed by atoms with Gasteiger partial charge < -0.3 is 19.7 Å². The second-order valence-corrected chi connectivity index (χ2v) is 5.60. The normalized spacial score (nSPS) is 16.2. The molecule has 1 aliphatic rings. The van der Waals surface area contributed by atoms with E-state index in [4.69, 9.17) is 9.47 Å². The first kappa shape index (κ1) is 15.9. The van der Waals surface area contributed by atoms with Crippen LogP contribution in [0.25, 0.3) is 0 Å². The first-order valence-electron chi connectivity index (χ1n) is 7.57. The Balaban J connectivity index is 2.10. The number of allylic oxidation sites excluding steroid dienone is 1. The highest BCUT2D eigenvalue weighted by atomic mass is 16.5. The van der Waals surface area contributed by atoms with Gasteiger partial charge in [0.2, 0.25) is 0 Å². The number of hydrogen-bond acceptors (Lipinski definition) is 5. The minimum atomic E-state index is -0.485. The predicted molar refractivity (Wildman–Crippen MR) is 89.0 cm³/mol. The summed E-state index contributed by atoms with van der Waals surface area (Å²) in [5.74, 6) is 0.666. The van der Waals surface area contributed by atoms with Gasteiger partial charge in [-0.25, -0.2) is 0 Å². The maximum Gasteiger partial charge on any atom is 0.174 e. The smallest absolute Gasteiger partial charge is 0.174 e. The van der Waals surface area contributed by atoms with Crippen LogP contribution in [0.3, 0.4) is 0 Å². The molecule has 0 saturated carbocycles. The van der Waals surface area contributed by atoms with Gasteiger partial charge in [0.25, 0.3) is 0 Å². The van der Waals surface area contributed by atoms with Crippen LogP contribution in [-0.2, 0) is 6.42 Å². The average Bonchev–Trinajstić information content (AvgIpc) is 2.57. The number of benzene rings is 2. The van der Waals surface area contributed by atoms with Gasteiger partial charge in [-0.3, -0.25) is 4.79 Å². The molecule has 5 heteroatoms. The van der Waals surface area contributed by atoms with Crippen LogP contribution in [0.5, 0.6) is 23.0 Å². The van der Waals surface area contributed by atoms with E-state index in [-0.39, 0.29) is 23.7 Å². The molecule has 2 aromatic rings. The SMILES string of the molecule is C=CCc1c(O)cc(OC)c2c1OC(c1ccc(O)cc1)CC2=O. The van der Waals surface area contributed by atoms with Crippen LogP contribution in [0.15, 0.2) is 43.0 Å². The second kappa shape index (κ2) is 6.28. The third kappa shape index (κ3) is 2.69. The standard InChI is InChI=1S/C19H18O5/c1-3-4-13-14(21)9-17(23-2)18-15(22)10-16(24-19(13)18)11-5-7-12(20)8-6-11/h3,5-9,16,20-21H,1,4,10H2,2H3. The van der Waals surface area contributed by atoms with Crippen molar-refractivity contribution in [3.8, 4) is 23.0 Å². The fourth-order valence-electron chi connectivity index (χ4n) is 2.89. The molecular formula is C19H18O5. The molecule has 0 spiro atoms. The summed E-state index contributed by atoms with van der Waals surface area (Å²) in [5.41, 5.74) is 1.64. The molecule has 0 saturated heterocycles. The molecule has 0 radical (unpaired) electrons. The fourth-order valence-corrected chi connectivity index (χ4v) is 2.89. The molecular weight excluding hydrogens is 308 g/mol. The molecule has 2 aromatic carbocycles. The lowest BCUT2D eigenvalue weighted by Crippen LogP contribution is -2.22. The zero-order chi connectivity index (χ0) is 17.3. The molecule has 3 rings (SSSR count). The first-order valence-corrected chi connectivity index (χ1v) is 7.57. The van der Waals surface area contributed by atoms with E-state index in [2.05, 4.69) is 6.58 Å². The minimum absolute atomic E-state index is 0.00431. The molecule has 0 aromatic heterocycles. The molecule has 0 aliphatic carbocycles. The number of carbonyl (C=O) groups excluding carboxylic acids is 1. The van der Waals surface area contributed by atoms with Crippen molar-refractivity contribution in [3.05, 3.63) is 59.7 Å². The van der Waals surface area contributed by atoms with Gasteiger partial charge >= 0.3 is 0 Å². The highest BCUT2D eigenvalue weighted by molar-refractivity contribution is 6.03. The van der Waals surface area contributed by atoms with Crippen molar-refractivity contribution in [1.29, 1.82) is 0 Å². The number of aromatic hydroxyl groups is 2. The highest BCUT2D eigenvalue weighted by Crippen LogP contribution is 2.45. The molecule has 0 amide bonds. The van der Waals surface area contributed by atoms with Crippen molar-refractivity contribution in [2.75, 3.05) is 7.11 Å². The lowest BCUT2D eigenvalue weighted by Gasteiger charge is -2.28. The number of rotatable bonds is 4. The quantitative estimate of drug-likeness (QED) is 0.841. The Morgan fingerprint density at radius 2 is 2.04 bits per heavy atom. The van der Waals surface area contributed by atoms with Crippen molar-refractivity contribution >= 4 is 5.78 Å². The molecule has 2 N–H and O–H groups in total. The van der Waals surface area contributed by atoms with Crippen LogP contribution in [0.2, 0.25) is 0 Å². The zero-order valence-corrected chi connectivity index (χ0v) is 13.3. The van der Waals surface area contributed by atoms with E-state index in [1.807, 2.05) is 0 Å². The summed E-state index contributed by atoms with van der Waals surface area (Å²) in [6.45, 7) is 3.68. The number of ether oxygens (including phenoxy) is 2. The molecule has 1 atom stereocenters. The molecule has 0 fully saturated rings. The number of methoxy groups -OCH3 is 1. The van der Waals surface area contributed by atoms with Crippen molar-refractivity contribution in [2.45, 2.75) is 18.9 Å². The Bertz CT molecular complexity index is 792. The second-order valence-electron chi connectivity index (χ2n) is 5.60. The number of ketones is 1. The average molecular weight is 326 g/mol.